The van der Waals surface area contributed by atoms with Crippen LogP contribution in [0.2, 0.25) is 0 Å². The summed E-state index contributed by atoms with van der Waals surface area (Å²) in [5.74, 6) is -3.69. The lowest BCUT2D eigenvalue weighted by Gasteiger charge is -2.33. The minimum absolute atomic E-state index is 0.546. The van der Waals surface area contributed by atoms with Crippen LogP contribution in [0, 0.1) is 0 Å². The van der Waals surface area contributed by atoms with Gasteiger partial charge in [0, 0.05) is 0 Å². The number of halogens is 5. The molecule has 7 unspecified atom stereocenters. The van der Waals surface area contributed by atoms with Gasteiger partial charge in [0.05, 0.1) is 0 Å². The summed E-state index contributed by atoms with van der Waals surface area (Å²) in [5.41, 5.74) is 0. The van der Waals surface area contributed by atoms with Gasteiger partial charge in [0.15, 0.2) is 18.3 Å². The number of ether oxygens (including phenoxy) is 5. The van der Waals surface area contributed by atoms with E-state index in [-0.39, 0.29) is 0 Å². The van der Waals surface area contributed by atoms with Crippen LogP contribution in [0.25, 0.3) is 0 Å². The molecule has 35 heavy (non-hydrogen) atoms. The first-order valence-corrected chi connectivity index (χ1v) is 14.8. The van der Waals surface area contributed by atoms with Gasteiger partial charge in [-0.15, -0.1) is 0 Å². The first-order chi connectivity index (χ1) is 16.1. The van der Waals surface area contributed by atoms with E-state index in [0.29, 0.717) is 0 Å². The number of hydrogen-bond donors (Lipinski definition) is 0. The summed E-state index contributed by atoms with van der Waals surface area (Å²) in [7, 11) is 0. The Morgan fingerprint density at radius 3 is 1.00 bits per heavy atom. The van der Waals surface area contributed by atoms with Crippen LogP contribution in [0.5, 0.6) is 0 Å². The topological polar surface area (TPSA) is 132 Å². The zero-order valence-corrected chi connectivity index (χ0v) is 27.4. The maximum atomic E-state index is 12.5. The molecule has 0 saturated carbocycles. The van der Waals surface area contributed by atoms with E-state index in [1.807, 2.05) is 0 Å². The maximum absolute atomic E-state index is 12.5. The van der Waals surface area contributed by atoms with Crippen molar-refractivity contribution in [2.24, 2.45) is 0 Å². The molecule has 0 aromatic rings. The molecule has 0 heterocycles. The van der Waals surface area contributed by atoms with Crippen molar-refractivity contribution in [1.29, 1.82) is 0 Å². The highest BCUT2D eigenvalue weighted by Crippen LogP contribution is 2.20. The van der Waals surface area contributed by atoms with Gasteiger partial charge in [0.2, 0.25) is 0 Å². The fraction of sp³-hybridized carbons (Fsp3) is 0.750. The molecular weight excluding hydrogens is 800 g/mol. The molecule has 0 aliphatic rings. The molecule has 0 amide bonds. The van der Waals surface area contributed by atoms with Gasteiger partial charge < -0.3 is 23.7 Å². The van der Waals surface area contributed by atoms with Gasteiger partial charge in [-0.2, -0.15) is 0 Å². The second-order valence-corrected chi connectivity index (χ2v) is 14.1. The average molecular weight is 827 g/mol. The van der Waals surface area contributed by atoms with E-state index < -0.39 is 85.5 Å². The van der Waals surface area contributed by atoms with E-state index in [9.17, 15) is 24.0 Å². The number of carbonyl (C=O) groups is 5. The van der Waals surface area contributed by atoms with Gasteiger partial charge in [-0.25, -0.2) is 0 Å². The molecule has 0 bridgehead atoms. The third-order valence-electron chi connectivity index (χ3n) is 3.92. The fourth-order valence-electron chi connectivity index (χ4n) is 2.06. The van der Waals surface area contributed by atoms with Gasteiger partial charge in [-0.1, -0.05) is 79.6 Å². The SMILES string of the molecule is CC(Br)C(=O)OCC(OC(=O)C(C)Br)C(OC(=O)C(C)Br)C(COC(=O)C(C)Br)OC(=O)C(C)Br. The Kier molecular flexibility index (Phi) is 17.2. The minimum Gasteiger partial charge on any atom is -0.461 e. The van der Waals surface area contributed by atoms with Crippen molar-refractivity contribution in [3.8, 4) is 0 Å². The Morgan fingerprint density at radius 2 is 0.743 bits per heavy atom. The van der Waals surface area contributed by atoms with Crippen molar-refractivity contribution in [1.82, 2.24) is 0 Å². The molecule has 0 N–H and O–H groups in total. The Labute approximate surface area is 245 Å². The van der Waals surface area contributed by atoms with Crippen molar-refractivity contribution >= 4 is 109 Å². The second kappa shape index (κ2) is 17.3. The lowest BCUT2D eigenvalue weighted by molar-refractivity contribution is -0.196. The highest BCUT2D eigenvalue weighted by Gasteiger charge is 2.41. The molecule has 0 aromatic carbocycles. The molecule has 0 radical (unpaired) electrons. The first-order valence-electron chi connectivity index (χ1n) is 10.2. The van der Waals surface area contributed by atoms with E-state index in [0.717, 1.165) is 0 Å². The van der Waals surface area contributed by atoms with E-state index in [1.54, 1.807) is 0 Å². The third-order valence-corrected chi connectivity index (χ3v) is 5.79. The van der Waals surface area contributed by atoms with Crippen LogP contribution in [0.1, 0.15) is 34.6 Å². The van der Waals surface area contributed by atoms with Crippen molar-refractivity contribution in [2.75, 3.05) is 13.2 Å². The van der Waals surface area contributed by atoms with Crippen molar-refractivity contribution in [3.63, 3.8) is 0 Å². The normalized spacial score (nSPS) is 17.9. The quantitative estimate of drug-likeness (QED) is 0.145. The number of esters is 5. The van der Waals surface area contributed by atoms with Crippen molar-refractivity contribution in [3.05, 3.63) is 0 Å². The number of rotatable bonds is 14. The van der Waals surface area contributed by atoms with Gasteiger partial charge in [0.25, 0.3) is 0 Å². The van der Waals surface area contributed by atoms with Gasteiger partial charge in [-0.3, -0.25) is 24.0 Å². The molecule has 0 aliphatic heterocycles. The van der Waals surface area contributed by atoms with E-state index in [1.165, 1.54) is 34.6 Å². The molecule has 7 atom stereocenters. The number of alkyl halides is 5. The smallest absolute Gasteiger partial charge is 0.319 e. The molecule has 0 spiro atoms. The highest BCUT2D eigenvalue weighted by molar-refractivity contribution is 9.10. The van der Waals surface area contributed by atoms with Crippen LogP contribution in [0.15, 0.2) is 0 Å². The number of hydrogen-bond acceptors (Lipinski definition) is 10. The summed E-state index contributed by atoms with van der Waals surface area (Å²) < 4.78 is 26.8. The van der Waals surface area contributed by atoms with Crippen LogP contribution in [-0.4, -0.2) is 85.5 Å². The Bertz CT molecular complexity index is 692. The highest BCUT2D eigenvalue weighted by atomic mass is 79.9. The van der Waals surface area contributed by atoms with Crippen LogP contribution >= 0.6 is 79.6 Å². The second-order valence-electron chi connectivity index (χ2n) is 7.19. The molecule has 0 saturated heterocycles. The molecule has 15 heteroatoms. The summed E-state index contributed by atoms with van der Waals surface area (Å²) in [4.78, 5) is 57.7. The largest absolute Gasteiger partial charge is 0.461 e. The van der Waals surface area contributed by atoms with Gasteiger partial charge >= 0.3 is 29.8 Å². The standard InChI is InChI=1S/C20H27Br5O10/c1-8(21)16(26)31-6-13(33-18(28)10(3)23)15(35-20(30)12(5)25)14(34-19(29)11(4)24)7-32-17(27)9(2)22/h8-15H,6-7H2,1-5H3. The predicted molar refractivity (Wildman–Crippen MR) is 144 cm³/mol. The van der Waals surface area contributed by atoms with Crippen molar-refractivity contribution in [2.45, 2.75) is 77.1 Å². The van der Waals surface area contributed by atoms with Gasteiger partial charge in [0.1, 0.15) is 37.3 Å². The molecule has 0 aromatic heterocycles. The minimum atomic E-state index is -1.51. The summed E-state index contributed by atoms with van der Waals surface area (Å²) >= 11 is 15.4. The molecule has 0 rings (SSSR count). The lowest BCUT2D eigenvalue weighted by Crippen LogP contribution is -2.51. The van der Waals surface area contributed by atoms with Crippen LogP contribution in [-0.2, 0) is 47.7 Å². The molecule has 202 valence electrons. The molecular formula is C20H27Br5O10. The maximum Gasteiger partial charge on any atom is 0.319 e. The number of carbonyl (C=O) groups excluding carboxylic acids is 5. The third kappa shape index (κ3) is 13.7. The Hall–Kier alpha value is -0.250. The van der Waals surface area contributed by atoms with Crippen LogP contribution in [0.3, 0.4) is 0 Å². The van der Waals surface area contributed by atoms with Crippen LogP contribution in [0.4, 0.5) is 0 Å². The van der Waals surface area contributed by atoms with Crippen LogP contribution < -0.4 is 0 Å². The van der Waals surface area contributed by atoms with Gasteiger partial charge in [-0.05, 0) is 34.6 Å². The Balaban J connectivity index is 6.34. The predicted octanol–water partition coefficient (Wildman–Crippen LogP) is 3.73. The van der Waals surface area contributed by atoms with E-state index in [2.05, 4.69) is 79.6 Å². The van der Waals surface area contributed by atoms with Crippen molar-refractivity contribution < 1.29 is 47.7 Å². The summed E-state index contributed by atoms with van der Waals surface area (Å²) in [6, 6.07) is 0. The molecule has 0 fully saturated rings. The zero-order valence-electron chi connectivity index (χ0n) is 19.5. The first kappa shape index (κ1) is 34.8. The Morgan fingerprint density at radius 1 is 0.486 bits per heavy atom. The summed E-state index contributed by atoms with van der Waals surface area (Å²) in [5, 5.41) is 0. The van der Waals surface area contributed by atoms with E-state index >= 15 is 0 Å². The zero-order chi connectivity index (χ0) is 27.5. The summed E-state index contributed by atoms with van der Waals surface area (Å²) in [6.45, 7) is 6.44. The molecule has 0 aliphatic carbocycles. The fourth-order valence-corrected chi connectivity index (χ4v) is 2.64. The monoisotopic (exact) mass is 822 g/mol. The average Bonchev–Trinajstić information content (AvgIpc) is 2.76. The lowest BCUT2D eigenvalue weighted by atomic mass is 10.1. The molecule has 10 nitrogen and oxygen atoms in total. The van der Waals surface area contributed by atoms with E-state index in [4.69, 9.17) is 23.7 Å². The summed E-state index contributed by atoms with van der Waals surface area (Å²) in [6.07, 6.45) is -4.35.